The number of nitrogen functional groups attached to an aromatic ring is 1. The third kappa shape index (κ3) is 3.27. The fraction of sp³-hybridized carbons (Fsp3) is 0.385. The van der Waals surface area contributed by atoms with Gasteiger partial charge < -0.3 is 20.4 Å². The van der Waals surface area contributed by atoms with Crippen LogP contribution in [0.15, 0.2) is 12.1 Å². The number of amides is 1. The van der Waals surface area contributed by atoms with Crippen molar-refractivity contribution in [2.45, 2.75) is 13.0 Å². The highest BCUT2D eigenvalue weighted by atomic mass is 19.2. The van der Waals surface area contributed by atoms with Gasteiger partial charge in [-0.3, -0.25) is 4.79 Å². The predicted molar refractivity (Wildman–Crippen MR) is 73.6 cm³/mol. The van der Waals surface area contributed by atoms with Gasteiger partial charge in [-0.25, -0.2) is 13.8 Å². The molecule has 1 aromatic carbocycles. The number of hydrogen-bond donors (Lipinski definition) is 2. The van der Waals surface area contributed by atoms with Crippen molar-refractivity contribution in [3.05, 3.63) is 23.8 Å². The van der Waals surface area contributed by atoms with Crippen molar-refractivity contribution in [2.24, 2.45) is 0 Å². The fourth-order valence-corrected chi connectivity index (χ4v) is 2.00. The molecular weight excluding hydrogens is 282 g/mol. The number of rotatable bonds is 6. The Morgan fingerprint density at radius 2 is 2.24 bits per heavy atom. The van der Waals surface area contributed by atoms with Gasteiger partial charge in [0.15, 0.2) is 11.6 Å². The molecule has 0 saturated carbocycles. The molecule has 0 radical (unpaired) electrons. The lowest BCUT2D eigenvalue weighted by atomic mass is 10.3. The molecule has 0 atom stereocenters. The van der Waals surface area contributed by atoms with E-state index in [1.807, 2.05) is 0 Å². The fourth-order valence-electron chi connectivity index (χ4n) is 2.00. The Morgan fingerprint density at radius 1 is 1.48 bits per heavy atom. The number of carbonyl (C=O) groups excluding carboxylic acids is 1. The van der Waals surface area contributed by atoms with E-state index in [-0.39, 0.29) is 35.9 Å². The molecule has 0 spiro atoms. The van der Waals surface area contributed by atoms with Crippen LogP contribution in [0.25, 0.3) is 11.0 Å². The highest BCUT2D eigenvalue weighted by molar-refractivity contribution is 5.80. The van der Waals surface area contributed by atoms with Crippen molar-refractivity contribution < 1.29 is 18.3 Å². The molecule has 21 heavy (non-hydrogen) atoms. The first-order valence-corrected chi connectivity index (χ1v) is 6.40. The van der Waals surface area contributed by atoms with E-state index in [4.69, 9.17) is 10.5 Å². The third-order valence-corrected chi connectivity index (χ3v) is 3.02. The lowest BCUT2D eigenvalue weighted by Crippen LogP contribution is -2.27. The standard InChI is InChI=1S/C13H16F2N4O2/c1-21-7-5-17-10(20)4-6-19-12-9(18-13(19)16)3-2-8(14)11(12)15/h2-3H,4-7H2,1H3,(H2,16,18)(H,17,20). The van der Waals surface area contributed by atoms with Crippen molar-refractivity contribution in [2.75, 3.05) is 26.0 Å². The summed E-state index contributed by atoms with van der Waals surface area (Å²) in [4.78, 5) is 15.6. The van der Waals surface area contributed by atoms with Gasteiger partial charge in [0, 0.05) is 26.6 Å². The molecule has 0 aliphatic rings. The zero-order valence-electron chi connectivity index (χ0n) is 11.5. The highest BCUT2D eigenvalue weighted by Crippen LogP contribution is 2.23. The summed E-state index contributed by atoms with van der Waals surface area (Å²) in [5, 5.41) is 2.63. The Bertz CT molecular complexity index is 657. The number of nitrogens with one attached hydrogen (secondary N) is 1. The number of halogens is 2. The third-order valence-electron chi connectivity index (χ3n) is 3.02. The van der Waals surface area contributed by atoms with Crippen LogP contribution in [-0.4, -0.2) is 35.7 Å². The first-order valence-electron chi connectivity index (χ1n) is 6.40. The van der Waals surface area contributed by atoms with Crippen molar-refractivity contribution in [1.29, 1.82) is 0 Å². The maximum atomic E-state index is 13.8. The Balaban J connectivity index is 2.13. The molecule has 3 N–H and O–H groups in total. The SMILES string of the molecule is COCCNC(=O)CCn1c(N)nc2ccc(F)c(F)c21. The summed E-state index contributed by atoms with van der Waals surface area (Å²) in [6.07, 6.45) is 0.0787. The van der Waals surface area contributed by atoms with E-state index in [1.165, 1.54) is 17.7 Å². The zero-order chi connectivity index (χ0) is 15.4. The lowest BCUT2D eigenvalue weighted by molar-refractivity contribution is -0.121. The van der Waals surface area contributed by atoms with Crippen molar-refractivity contribution in [3.63, 3.8) is 0 Å². The molecule has 0 unspecified atom stereocenters. The Hall–Kier alpha value is -2.22. The number of hydrogen-bond acceptors (Lipinski definition) is 4. The summed E-state index contributed by atoms with van der Waals surface area (Å²) in [6, 6.07) is 2.34. The number of anilines is 1. The first-order chi connectivity index (χ1) is 10.0. The summed E-state index contributed by atoms with van der Waals surface area (Å²) in [5.74, 6) is -2.19. The van der Waals surface area contributed by atoms with Gasteiger partial charge in [-0.05, 0) is 12.1 Å². The number of aromatic nitrogens is 2. The lowest BCUT2D eigenvalue weighted by Gasteiger charge is -2.08. The number of methoxy groups -OCH3 is 1. The van der Waals surface area contributed by atoms with E-state index in [0.29, 0.717) is 13.2 Å². The van der Waals surface area contributed by atoms with Crippen molar-refractivity contribution in [1.82, 2.24) is 14.9 Å². The minimum absolute atomic E-state index is 0.0304. The quantitative estimate of drug-likeness (QED) is 0.781. The summed E-state index contributed by atoms with van der Waals surface area (Å²) in [7, 11) is 1.53. The van der Waals surface area contributed by atoms with Gasteiger partial charge >= 0.3 is 0 Å². The smallest absolute Gasteiger partial charge is 0.221 e. The van der Waals surface area contributed by atoms with Gasteiger partial charge in [0.05, 0.1) is 12.1 Å². The number of nitrogens with zero attached hydrogens (tertiary/aromatic N) is 2. The van der Waals surface area contributed by atoms with Crippen molar-refractivity contribution in [3.8, 4) is 0 Å². The number of nitrogens with two attached hydrogens (primary N) is 1. The molecule has 1 amide bonds. The second kappa shape index (κ2) is 6.49. The van der Waals surface area contributed by atoms with E-state index < -0.39 is 11.6 Å². The van der Waals surface area contributed by atoms with E-state index in [0.717, 1.165) is 6.07 Å². The molecule has 0 aliphatic carbocycles. The minimum atomic E-state index is -1.02. The number of ether oxygens (including phenoxy) is 1. The van der Waals surface area contributed by atoms with Gasteiger partial charge in [0.2, 0.25) is 11.9 Å². The molecule has 1 heterocycles. The number of fused-ring (bicyclic) bond motifs is 1. The Morgan fingerprint density at radius 3 is 2.95 bits per heavy atom. The average Bonchev–Trinajstić information content (AvgIpc) is 2.77. The minimum Gasteiger partial charge on any atom is -0.383 e. The van der Waals surface area contributed by atoms with Gasteiger partial charge in [-0.2, -0.15) is 0 Å². The molecule has 0 fully saturated rings. The number of carbonyl (C=O) groups is 1. The van der Waals surface area contributed by atoms with Crippen LogP contribution in [0.3, 0.4) is 0 Å². The number of aryl methyl sites for hydroxylation is 1. The van der Waals surface area contributed by atoms with Gasteiger partial charge in [0.1, 0.15) is 5.52 Å². The van der Waals surface area contributed by atoms with Crippen molar-refractivity contribution >= 4 is 22.9 Å². The molecule has 2 rings (SSSR count). The molecule has 8 heteroatoms. The van der Waals surface area contributed by atoms with Gasteiger partial charge in [-0.15, -0.1) is 0 Å². The van der Waals surface area contributed by atoms with Crippen LogP contribution >= 0.6 is 0 Å². The maximum absolute atomic E-state index is 13.8. The normalized spacial score (nSPS) is 11.0. The predicted octanol–water partition coefficient (Wildman–Crippen LogP) is 1.05. The highest BCUT2D eigenvalue weighted by Gasteiger charge is 2.16. The maximum Gasteiger partial charge on any atom is 0.221 e. The average molecular weight is 298 g/mol. The second-order valence-corrected chi connectivity index (χ2v) is 4.44. The van der Waals surface area contributed by atoms with Crippen LogP contribution in [0, 0.1) is 11.6 Å². The molecule has 0 saturated heterocycles. The molecule has 0 aliphatic heterocycles. The summed E-state index contributed by atoms with van der Waals surface area (Å²) in [6.45, 7) is 0.904. The van der Waals surface area contributed by atoms with E-state index in [9.17, 15) is 13.6 Å². The molecule has 0 bridgehead atoms. The summed E-state index contributed by atoms with van der Waals surface area (Å²) < 4.78 is 33.2. The monoisotopic (exact) mass is 298 g/mol. The van der Waals surface area contributed by atoms with Gasteiger partial charge in [0.25, 0.3) is 0 Å². The van der Waals surface area contributed by atoms with Crippen LogP contribution in [0.1, 0.15) is 6.42 Å². The topological polar surface area (TPSA) is 82.2 Å². The van der Waals surface area contributed by atoms with Crippen LogP contribution < -0.4 is 11.1 Å². The molecule has 1 aromatic heterocycles. The van der Waals surface area contributed by atoms with Crippen LogP contribution in [0.5, 0.6) is 0 Å². The Kier molecular flexibility index (Phi) is 4.69. The van der Waals surface area contributed by atoms with E-state index in [1.54, 1.807) is 0 Å². The summed E-state index contributed by atoms with van der Waals surface area (Å²) >= 11 is 0. The molecular formula is C13H16F2N4O2. The number of imidazole rings is 1. The Labute approximate surface area is 119 Å². The van der Waals surface area contributed by atoms with Crippen LogP contribution in [-0.2, 0) is 16.1 Å². The molecule has 114 valence electrons. The van der Waals surface area contributed by atoms with Crippen LogP contribution in [0.2, 0.25) is 0 Å². The second-order valence-electron chi connectivity index (χ2n) is 4.44. The summed E-state index contributed by atoms with van der Waals surface area (Å²) in [5.41, 5.74) is 5.92. The van der Waals surface area contributed by atoms with Gasteiger partial charge in [-0.1, -0.05) is 0 Å². The largest absolute Gasteiger partial charge is 0.383 e. The van der Waals surface area contributed by atoms with E-state index in [2.05, 4.69) is 10.3 Å². The zero-order valence-corrected chi connectivity index (χ0v) is 11.5. The van der Waals surface area contributed by atoms with Crippen LogP contribution in [0.4, 0.5) is 14.7 Å². The molecule has 2 aromatic rings. The van der Waals surface area contributed by atoms with E-state index >= 15 is 0 Å². The molecule has 6 nitrogen and oxygen atoms in total. The first kappa shape index (κ1) is 15.2. The number of benzene rings is 1.